The Morgan fingerprint density at radius 3 is 2.07 bits per heavy atom. The maximum Gasteiger partial charge on any atom is 0.0152 e. The molecule has 0 aliphatic heterocycles. The molecule has 0 saturated heterocycles. The maximum atomic E-state index is 8.78. The molecule has 4 aromatic rings. The zero-order chi connectivity index (χ0) is 19.1. The number of fused-ring (bicyclic) bond motifs is 1. The van der Waals surface area contributed by atoms with E-state index in [0.29, 0.717) is 0 Å². The van der Waals surface area contributed by atoms with Gasteiger partial charge in [-0.1, -0.05) is 91.0 Å². The Morgan fingerprint density at radius 1 is 0.741 bits per heavy atom. The third-order valence-electron chi connectivity index (χ3n) is 4.32. The maximum absolute atomic E-state index is 8.78. The first-order valence-electron chi connectivity index (χ1n) is 8.58. The van der Waals surface area contributed by atoms with Crippen molar-refractivity contribution >= 4 is 22.0 Å². The van der Waals surface area contributed by atoms with E-state index in [1.54, 1.807) is 0 Å². The summed E-state index contributed by atoms with van der Waals surface area (Å²) in [6, 6.07) is 34.6. The van der Waals surface area contributed by atoms with Crippen LogP contribution < -0.4 is 5.14 Å². The molecule has 136 valence electrons. The summed E-state index contributed by atoms with van der Waals surface area (Å²) in [5.74, 6) is 0. The lowest BCUT2D eigenvalue weighted by atomic mass is 9.94. The van der Waals surface area contributed by atoms with Crippen LogP contribution in [0.15, 0.2) is 97.1 Å². The van der Waals surface area contributed by atoms with Crippen LogP contribution in [0.4, 0.5) is 0 Å². The molecule has 2 N–H and O–H groups in total. The van der Waals surface area contributed by atoms with Crippen LogP contribution in [0.5, 0.6) is 0 Å². The van der Waals surface area contributed by atoms with Gasteiger partial charge in [-0.2, -0.15) is 0 Å². The van der Waals surface area contributed by atoms with E-state index in [2.05, 4.69) is 102 Å². The van der Waals surface area contributed by atoms with E-state index >= 15 is 0 Å². The van der Waals surface area contributed by atoms with Gasteiger partial charge < -0.3 is 4.55 Å². The smallest absolute Gasteiger partial charge is 0.0152 e. The molecule has 0 aliphatic carbocycles. The molecule has 0 saturated carbocycles. The molecule has 0 amide bonds. The zero-order valence-electron chi connectivity index (χ0n) is 14.7. The second-order valence-corrected chi connectivity index (χ2v) is 6.66. The molecule has 1 unspecified atom stereocenters. The molecule has 27 heavy (non-hydrogen) atoms. The van der Waals surface area contributed by atoms with E-state index in [9.17, 15) is 0 Å². The van der Waals surface area contributed by atoms with E-state index in [1.165, 1.54) is 33.0 Å². The van der Waals surface area contributed by atoms with Crippen molar-refractivity contribution in [1.82, 2.24) is 0 Å². The van der Waals surface area contributed by atoms with Crippen molar-refractivity contribution in [2.45, 2.75) is 6.42 Å². The lowest BCUT2D eigenvalue weighted by Gasteiger charge is -2.11. The zero-order valence-corrected chi connectivity index (χ0v) is 15.6. The second kappa shape index (κ2) is 9.24. The minimum atomic E-state index is -2.36. The topological polar surface area (TPSA) is 66.2 Å². The Balaban J connectivity index is 0.000000481. The molecule has 0 spiro atoms. The molecule has 0 fully saturated rings. The quantitative estimate of drug-likeness (QED) is 0.522. The summed E-state index contributed by atoms with van der Waals surface area (Å²) in [5, 5.41) is 6.61. The van der Waals surface area contributed by atoms with Crippen molar-refractivity contribution in [3.8, 4) is 11.1 Å². The van der Waals surface area contributed by atoms with Gasteiger partial charge in [0, 0.05) is 11.3 Å². The van der Waals surface area contributed by atoms with E-state index in [-0.39, 0.29) is 0 Å². The molecule has 0 radical (unpaired) electrons. The first-order chi connectivity index (χ1) is 13.1. The molecule has 4 aromatic carbocycles. The minimum Gasteiger partial charge on any atom is -0.760 e. The van der Waals surface area contributed by atoms with Gasteiger partial charge in [-0.3, -0.25) is 9.35 Å². The molecule has 0 aliphatic rings. The van der Waals surface area contributed by atoms with Gasteiger partial charge in [0.1, 0.15) is 0 Å². The first kappa shape index (κ1) is 19.0. The molecule has 0 heterocycles. The Hall–Kier alpha value is -2.79. The standard InChI is InChI=1S/C23H18.H3NO2S/c1-2-8-18(9-3-1)16-21-12-6-7-13-23(21)22-15-14-19-10-4-5-11-20(19)17-22;1-4(2)3/h1-15,17H,16H2;1H2,(H,2,3)/p-1. The van der Waals surface area contributed by atoms with Gasteiger partial charge in [-0.15, -0.1) is 0 Å². The molecule has 1 atom stereocenters. The van der Waals surface area contributed by atoms with Crippen molar-refractivity contribution in [3.63, 3.8) is 0 Å². The van der Waals surface area contributed by atoms with Crippen molar-refractivity contribution in [2.75, 3.05) is 0 Å². The summed E-state index contributed by atoms with van der Waals surface area (Å²) >= 11 is -2.36. The van der Waals surface area contributed by atoms with Crippen LogP contribution >= 0.6 is 0 Å². The van der Waals surface area contributed by atoms with Gasteiger partial charge in [0.05, 0.1) is 0 Å². The van der Waals surface area contributed by atoms with Gasteiger partial charge in [-0.25, -0.2) is 0 Å². The highest BCUT2D eigenvalue weighted by atomic mass is 32.2. The fourth-order valence-electron chi connectivity index (χ4n) is 3.13. The van der Waals surface area contributed by atoms with E-state index in [1.807, 2.05) is 0 Å². The lowest BCUT2D eigenvalue weighted by Crippen LogP contribution is -1.97. The molecular formula is C23H20NO2S-. The Bertz CT molecular complexity index is 1040. The average molecular weight is 374 g/mol. The third-order valence-corrected chi connectivity index (χ3v) is 4.32. The van der Waals surface area contributed by atoms with Crippen molar-refractivity contribution in [1.29, 1.82) is 0 Å². The van der Waals surface area contributed by atoms with E-state index < -0.39 is 11.3 Å². The minimum absolute atomic E-state index is 0.962. The van der Waals surface area contributed by atoms with E-state index in [4.69, 9.17) is 8.76 Å². The highest BCUT2D eigenvalue weighted by Crippen LogP contribution is 2.28. The number of rotatable bonds is 3. The Labute approximate surface area is 161 Å². The third kappa shape index (κ3) is 5.34. The van der Waals surface area contributed by atoms with Crippen LogP contribution in [0.25, 0.3) is 21.9 Å². The summed E-state index contributed by atoms with van der Waals surface area (Å²) in [7, 11) is 0. The van der Waals surface area contributed by atoms with Crippen LogP contribution in [0.3, 0.4) is 0 Å². The van der Waals surface area contributed by atoms with Gasteiger partial charge in [0.2, 0.25) is 0 Å². The second-order valence-electron chi connectivity index (χ2n) is 6.14. The van der Waals surface area contributed by atoms with Gasteiger partial charge >= 0.3 is 0 Å². The molecule has 0 bridgehead atoms. The highest BCUT2D eigenvalue weighted by molar-refractivity contribution is 7.76. The summed E-state index contributed by atoms with van der Waals surface area (Å²) in [6.07, 6.45) is 0.962. The fraction of sp³-hybridized carbons (Fsp3) is 0.0435. The average Bonchev–Trinajstić information content (AvgIpc) is 2.68. The van der Waals surface area contributed by atoms with Crippen LogP contribution in [-0.4, -0.2) is 8.76 Å². The monoisotopic (exact) mass is 374 g/mol. The van der Waals surface area contributed by atoms with Crippen LogP contribution in [0.2, 0.25) is 0 Å². The van der Waals surface area contributed by atoms with Gasteiger partial charge in [0.25, 0.3) is 0 Å². The summed E-state index contributed by atoms with van der Waals surface area (Å²) in [5.41, 5.74) is 5.33. The van der Waals surface area contributed by atoms with Crippen LogP contribution in [-0.2, 0) is 17.7 Å². The Morgan fingerprint density at radius 2 is 1.33 bits per heavy atom. The first-order valence-corrected chi connectivity index (χ1v) is 9.72. The summed E-state index contributed by atoms with van der Waals surface area (Å²) in [4.78, 5) is 0. The lowest BCUT2D eigenvalue weighted by molar-refractivity contribution is 0.539. The van der Waals surface area contributed by atoms with Crippen molar-refractivity contribution in [2.24, 2.45) is 5.14 Å². The van der Waals surface area contributed by atoms with Gasteiger partial charge in [0.15, 0.2) is 0 Å². The molecular weight excluding hydrogens is 354 g/mol. The number of nitrogens with two attached hydrogens (primary N) is 1. The van der Waals surface area contributed by atoms with Crippen molar-refractivity contribution in [3.05, 3.63) is 108 Å². The van der Waals surface area contributed by atoms with Crippen molar-refractivity contribution < 1.29 is 8.76 Å². The number of hydrogen-bond donors (Lipinski definition) is 1. The normalized spacial score (nSPS) is 11.5. The summed E-state index contributed by atoms with van der Waals surface area (Å²) < 4.78 is 17.6. The molecule has 4 heteroatoms. The highest BCUT2D eigenvalue weighted by Gasteiger charge is 2.06. The summed E-state index contributed by atoms with van der Waals surface area (Å²) in [6.45, 7) is 0. The molecule has 4 rings (SSSR count). The fourth-order valence-corrected chi connectivity index (χ4v) is 3.13. The predicted octanol–water partition coefficient (Wildman–Crippen LogP) is 4.84. The van der Waals surface area contributed by atoms with Gasteiger partial charge in [-0.05, 0) is 45.5 Å². The predicted molar refractivity (Wildman–Crippen MR) is 112 cm³/mol. The van der Waals surface area contributed by atoms with E-state index in [0.717, 1.165) is 6.42 Å². The van der Waals surface area contributed by atoms with Crippen LogP contribution in [0, 0.1) is 0 Å². The molecule has 0 aromatic heterocycles. The largest absolute Gasteiger partial charge is 0.760 e. The number of hydrogen-bond acceptors (Lipinski definition) is 2. The SMILES string of the molecule is NS(=O)[O-].c1ccc(Cc2ccccc2-c2ccc3ccccc3c2)cc1. The number of benzene rings is 4. The van der Waals surface area contributed by atoms with Crippen LogP contribution in [0.1, 0.15) is 11.1 Å². The Kier molecular flexibility index (Phi) is 6.49. The molecule has 3 nitrogen and oxygen atoms in total.